The van der Waals surface area contributed by atoms with Crippen LogP contribution in [0.5, 0.6) is 5.75 Å². The van der Waals surface area contributed by atoms with Crippen LogP contribution in [0.15, 0.2) is 18.2 Å². The van der Waals surface area contributed by atoms with Crippen LogP contribution in [0.1, 0.15) is 26.2 Å². The van der Waals surface area contributed by atoms with E-state index in [0.29, 0.717) is 19.3 Å². The number of hydrogen-bond donors (Lipinski definition) is 2. The molecule has 116 valence electrons. The number of nitro benzene ring substituents is 1. The zero-order chi connectivity index (χ0) is 16.0. The fourth-order valence-electron chi connectivity index (χ4n) is 1.65. The summed E-state index contributed by atoms with van der Waals surface area (Å²) in [5.41, 5.74) is 9.32. The molecule has 1 aromatic carbocycles. The number of ether oxygens (including phenoxy) is 1. The third kappa shape index (κ3) is 4.99. The maximum Gasteiger partial charge on any atom is 0.313 e. The van der Waals surface area contributed by atoms with Gasteiger partial charge in [-0.05, 0) is 38.3 Å². The first-order chi connectivity index (χ1) is 9.74. The SMILES string of the molecule is CC(N)(CCCCOc1ccc(F)cc1[N+](=O)[O-])C(N)=O. The predicted octanol–water partition coefficient (Wildman–Crippen LogP) is 1.49. The minimum absolute atomic E-state index is 0.00631. The second-order valence-corrected chi connectivity index (χ2v) is 4.96. The van der Waals surface area contributed by atoms with Gasteiger partial charge in [-0.3, -0.25) is 14.9 Å². The molecule has 1 amide bonds. The summed E-state index contributed by atoms with van der Waals surface area (Å²) in [4.78, 5) is 21.1. The second-order valence-electron chi connectivity index (χ2n) is 4.96. The Morgan fingerprint density at radius 1 is 1.48 bits per heavy atom. The summed E-state index contributed by atoms with van der Waals surface area (Å²) in [5.74, 6) is -1.28. The van der Waals surface area contributed by atoms with Crippen molar-refractivity contribution in [1.82, 2.24) is 0 Å². The molecule has 7 nitrogen and oxygen atoms in total. The summed E-state index contributed by atoms with van der Waals surface area (Å²) in [5, 5.41) is 10.8. The molecule has 4 N–H and O–H groups in total. The number of primary amides is 1. The van der Waals surface area contributed by atoms with Crippen LogP contribution in [0.3, 0.4) is 0 Å². The molecular formula is C13H18FN3O4. The van der Waals surface area contributed by atoms with Crippen LogP contribution >= 0.6 is 0 Å². The Balaban J connectivity index is 2.47. The summed E-state index contributed by atoms with van der Waals surface area (Å²) >= 11 is 0. The zero-order valence-electron chi connectivity index (χ0n) is 11.7. The van der Waals surface area contributed by atoms with Crippen LogP contribution in [-0.2, 0) is 4.79 Å². The summed E-state index contributed by atoms with van der Waals surface area (Å²) in [7, 11) is 0. The van der Waals surface area contributed by atoms with Crippen molar-refractivity contribution in [2.24, 2.45) is 11.5 Å². The number of amides is 1. The number of unbranched alkanes of at least 4 members (excludes halogenated alkanes) is 1. The Morgan fingerprint density at radius 3 is 2.71 bits per heavy atom. The molecule has 0 aliphatic rings. The van der Waals surface area contributed by atoms with Crippen LogP contribution in [0.25, 0.3) is 0 Å². The Morgan fingerprint density at radius 2 is 2.14 bits per heavy atom. The normalized spacial score (nSPS) is 13.5. The number of rotatable bonds is 8. The molecule has 1 rings (SSSR count). The molecule has 0 aliphatic heterocycles. The van der Waals surface area contributed by atoms with Crippen LogP contribution in [0.2, 0.25) is 0 Å². The highest BCUT2D eigenvalue weighted by Crippen LogP contribution is 2.27. The number of nitrogens with zero attached hydrogens (tertiary/aromatic N) is 1. The lowest BCUT2D eigenvalue weighted by atomic mass is 9.96. The number of hydrogen-bond acceptors (Lipinski definition) is 5. The number of nitrogens with two attached hydrogens (primary N) is 2. The van der Waals surface area contributed by atoms with E-state index in [1.54, 1.807) is 6.92 Å². The Bertz CT molecular complexity index is 534. The van der Waals surface area contributed by atoms with Crippen molar-refractivity contribution >= 4 is 11.6 Å². The van der Waals surface area contributed by atoms with Crippen LogP contribution < -0.4 is 16.2 Å². The molecule has 0 radical (unpaired) electrons. The van der Waals surface area contributed by atoms with Gasteiger partial charge in [0, 0.05) is 0 Å². The molecule has 21 heavy (non-hydrogen) atoms. The van der Waals surface area contributed by atoms with Gasteiger partial charge in [-0.15, -0.1) is 0 Å². The van der Waals surface area contributed by atoms with E-state index >= 15 is 0 Å². The van der Waals surface area contributed by atoms with Gasteiger partial charge in [0.05, 0.1) is 23.1 Å². The fraction of sp³-hybridized carbons (Fsp3) is 0.462. The third-order valence-electron chi connectivity index (χ3n) is 3.03. The van der Waals surface area contributed by atoms with Crippen molar-refractivity contribution in [2.75, 3.05) is 6.61 Å². The van der Waals surface area contributed by atoms with Gasteiger partial charge in [-0.25, -0.2) is 4.39 Å². The van der Waals surface area contributed by atoms with E-state index < -0.39 is 27.9 Å². The van der Waals surface area contributed by atoms with Gasteiger partial charge in [0.15, 0.2) is 5.75 Å². The van der Waals surface area contributed by atoms with E-state index in [4.69, 9.17) is 16.2 Å². The van der Waals surface area contributed by atoms with E-state index in [1.807, 2.05) is 0 Å². The second kappa shape index (κ2) is 6.98. The molecule has 0 saturated carbocycles. The average Bonchev–Trinajstić information content (AvgIpc) is 2.39. The molecule has 8 heteroatoms. The lowest BCUT2D eigenvalue weighted by molar-refractivity contribution is -0.386. The molecule has 0 aliphatic carbocycles. The summed E-state index contributed by atoms with van der Waals surface area (Å²) < 4.78 is 18.2. The van der Waals surface area contributed by atoms with E-state index in [0.717, 1.165) is 12.1 Å². The molecule has 0 fully saturated rings. The average molecular weight is 299 g/mol. The number of halogens is 1. The van der Waals surface area contributed by atoms with Crippen molar-refractivity contribution in [3.8, 4) is 5.75 Å². The van der Waals surface area contributed by atoms with Crippen LogP contribution in [0.4, 0.5) is 10.1 Å². The third-order valence-corrected chi connectivity index (χ3v) is 3.03. The molecule has 0 saturated heterocycles. The first-order valence-corrected chi connectivity index (χ1v) is 6.39. The van der Waals surface area contributed by atoms with Gasteiger partial charge in [0.25, 0.3) is 0 Å². The number of benzene rings is 1. The maximum absolute atomic E-state index is 12.9. The van der Waals surface area contributed by atoms with Crippen molar-refractivity contribution < 1.29 is 18.8 Å². The van der Waals surface area contributed by atoms with Gasteiger partial charge in [-0.1, -0.05) is 0 Å². The van der Waals surface area contributed by atoms with Crippen molar-refractivity contribution in [1.29, 1.82) is 0 Å². The summed E-state index contributed by atoms with van der Waals surface area (Å²) in [6, 6.07) is 3.11. The van der Waals surface area contributed by atoms with Crippen molar-refractivity contribution in [3.05, 3.63) is 34.1 Å². The van der Waals surface area contributed by atoms with Gasteiger partial charge in [0.2, 0.25) is 5.91 Å². The molecule has 1 unspecified atom stereocenters. The van der Waals surface area contributed by atoms with Crippen molar-refractivity contribution in [3.63, 3.8) is 0 Å². The molecular weight excluding hydrogens is 281 g/mol. The Kier molecular flexibility index (Phi) is 5.60. The minimum atomic E-state index is -1.08. The van der Waals surface area contributed by atoms with E-state index in [9.17, 15) is 19.3 Å². The molecule has 1 atom stereocenters. The quantitative estimate of drug-likeness (QED) is 0.428. The molecule has 1 aromatic rings. The molecule has 0 aromatic heterocycles. The zero-order valence-corrected chi connectivity index (χ0v) is 11.7. The van der Waals surface area contributed by atoms with Crippen LogP contribution in [-0.4, -0.2) is 23.0 Å². The summed E-state index contributed by atoms with van der Waals surface area (Å²) in [6.07, 6.45) is 1.50. The van der Waals surface area contributed by atoms with E-state index in [1.165, 1.54) is 6.07 Å². The maximum atomic E-state index is 12.9. The molecule has 0 bridgehead atoms. The van der Waals surface area contributed by atoms with Gasteiger partial charge >= 0.3 is 5.69 Å². The fourth-order valence-corrected chi connectivity index (χ4v) is 1.65. The summed E-state index contributed by atoms with van der Waals surface area (Å²) in [6.45, 7) is 1.74. The number of carbonyl (C=O) groups excluding carboxylic acids is 1. The van der Waals surface area contributed by atoms with Gasteiger partial charge < -0.3 is 16.2 Å². The molecule has 0 heterocycles. The standard InChI is InChI=1S/C13H18FN3O4/c1-13(16,12(15)18)6-2-3-7-21-11-5-4-9(14)8-10(11)17(19)20/h4-5,8H,2-3,6-7,16H2,1H3,(H2,15,18). The highest BCUT2D eigenvalue weighted by Gasteiger charge is 2.24. The Labute approximate surface area is 121 Å². The molecule has 0 spiro atoms. The monoisotopic (exact) mass is 299 g/mol. The first kappa shape index (κ1) is 16.8. The lowest BCUT2D eigenvalue weighted by Gasteiger charge is -2.19. The highest BCUT2D eigenvalue weighted by molar-refractivity contribution is 5.83. The van der Waals surface area contributed by atoms with E-state index in [2.05, 4.69) is 0 Å². The van der Waals surface area contributed by atoms with Crippen LogP contribution in [0, 0.1) is 15.9 Å². The minimum Gasteiger partial charge on any atom is -0.487 e. The largest absolute Gasteiger partial charge is 0.487 e. The topological polar surface area (TPSA) is 121 Å². The smallest absolute Gasteiger partial charge is 0.313 e. The van der Waals surface area contributed by atoms with Crippen molar-refractivity contribution in [2.45, 2.75) is 31.7 Å². The van der Waals surface area contributed by atoms with E-state index in [-0.39, 0.29) is 12.4 Å². The number of nitro groups is 1. The highest BCUT2D eigenvalue weighted by atomic mass is 19.1. The number of carbonyl (C=O) groups is 1. The van der Waals surface area contributed by atoms with Gasteiger partial charge in [-0.2, -0.15) is 0 Å². The first-order valence-electron chi connectivity index (χ1n) is 6.39. The Hall–Kier alpha value is -2.22. The van der Waals surface area contributed by atoms with Gasteiger partial charge in [0.1, 0.15) is 5.82 Å². The predicted molar refractivity (Wildman–Crippen MR) is 74.2 cm³/mol. The lowest BCUT2D eigenvalue weighted by Crippen LogP contribution is -2.49.